The van der Waals surface area contributed by atoms with Crippen LogP contribution >= 0.6 is 0 Å². The van der Waals surface area contributed by atoms with Gasteiger partial charge in [0.2, 0.25) is 0 Å². The van der Waals surface area contributed by atoms with Gasteiger partial charge in [0.15, 0.2) is 0 Å². The molecular weight excluding hydrogens is 204 g/mol. The van der Waals surface area contributed by atoms with Gasteiger partial charge in [0.25, 0.3) is 0 Å². The molecule has 1 aliphatic rings. The Balaban J connectivity index is 2.22. The Morgan fingerprint density at radius 3 is 3.00 bits per heavy atom. The third-order valence-electron chi connectivity index (χ3n) is 2.96. The Bertz CT molecular complexity index is 251. The van der Waals surface area contributed by atoms with Crippen LogP contribution in [0.25, 0.3) is 0 Å². The van der Waals surface area contributed by atoms with Crippen LogP contribution in [0.3, 0.4) is 0 Å². The van der Waals surface area contributed by atoms with Crippen molar-refractivity contribution in [3.05, 3.63) is 12.2 Å². The minimum absolute atomic E-state index is 0.259. The Hall–Kier alpha value is -0.870. The van der Waals surface area contributed by atoms with Gasteiger partial charge in [-0.1, -0.05) is 6.08 Å². The molecule has 1 saturated heterocycles. The SMILES string of the molecule is CCOC(=O)/C=C/CN1CCC(C(C)N)C1. The molecule has 0 aliphatic carbocycles. The maximum absolute atomic E-state index is 11.0. The first-order chi connectivity index (χ1) is 7.63. The second-order valence-electron chi connectivity index (χ2n) is 4.32. The molecule has 0 aromatic rings. The summed E-state index contributed by atoms with van der Waals surface area (Å²) in [4.78, 5) is 13.4. The minimum atomic E-state index is -0.259. The van der Waals surface area contributed by atoms with Crippen LogP contribution in [0.5, 0.6) is 0 Å². The van der Waals surface area contributed by atoms with Gasteiger partial charge < -0.3 is 10.5 Å². The zero-order valence-electron chi connectivity index (χ0n) is 10.2. The average molecular weight is 226 g/mol. The summed E-state index contributed by atoms with van der Waals surface area (Å²) in [5.74, 6) is 0.335. The zero-order valence-corrected chi connectivity index (χ0v) is 10.2. The quantitative estimate of drug-likeness (QED) is 0.556. The Kier molecular flexibility index (Phi) is 5.49. The molecule has 0 spiro atoms. The number of esters is 1. The second kappa shape index (κ2) is 6.66. The highest BCUT2D eigenvalue weighted by molar-refractivity contribution is 5.81. The van der Waals surface area contributed by atoms with Gasteiger partial charge in [-0.25, -0.2) is 4.79 Å². The van der Waals surface area contributed by atoms with Crippen LogP contribution in [0.15, 0.2) is 12.2 Å². The van der Waals surface area contributed by atoms with Crippen LogP contribution in [-0.2, 0) is 9.53 Å². The van der Waals surface area contributed by atoms with Crippen molar-refractivity contribution >= 4 is 5.97 Å². The van der Waals surface area contributed by atoms with Gasteiger partial charge in [0.1, 0.15) is 0 Å². The predicted octanol–water partition coefficient (Wildman–Crippen LogP) is 0.775. The minimum Gasteiger partial charge on any atom is -0.463 e. The fourth-order valence-corrected chi connectivity index (χ4v) is 1.95. The van der Waals surface area contributed by atoms with E-state index in [1.807, 2.05) is 6.08 Å². The Morgan fingerprint density at radius 2 is 2.44 bits per heavy atom. The molecule has 1 heterocycles. The van der Waals surface area contributed by atoms with E-state index in [0.29, 0.717) is 12.5 Å². The molecule has 4 nitrogen and oxygen atoms in total. The van der Waals surface area contributed by atoms with Gasteiger partial charge in [-0.2, -0.15) is 0 Å². The largest absolute Gasteiger partial charge is 0.463 e. The van der Waals surface area contributed by atoms with Crippen LogP contribution < -0.4 is 5.73 Å². The number of nitrogens with zero attached hydrogens (tertiary/aromatic N) is 1. The van der Waals surface area contributed by atoms with Crippen molar-refractivity contribution in [2.24, 2.45) is 11.7 Å². The van der Waals surface area contributed by atoms with Gasteiger partial charge >= 0.3 is 5.97 Å². The lowest BCUT2D eigenvalue weighted by Crippen LogP contribution is -2.29. The first kappa shape index (κ1) is 13.2. The van der Waals surface area contributed by atoms with E-state index in [2.05, 4.69) is 11.8 Å². The van der Waals surface area contributed by atoms with Crippen molar-refractivity contribution in [1.82, 2.24) is 4.90 Å². The molecule has 16 heavy (non-hydrogen) atoms. The molecule has 2 unspecified atom stereocenters. The highest BCUT2D eigenvalue weighted by Crippen LogP contribution is 2.17. The summed E-state index contributed by atoms with van der Waals surface area (Å²) in [6, 6.07) is 0.263. The molecule has 0 amide bonds. The van der Waals surface area contributed by atoms with Crippen molar-refractivity contribution in [2.45, 2.75) is 26.3 Å². The molecule has 4 heteroatoms. The number of carbonyl (C=O) groups excluding carboxylic acids is 1. The Labute approximate surface area is 97.4 Å². The van der Waals surface area contributed by atoms with Crippen LogP contribution in [0.4, 0.5) is 0 Å². The molecule has 0 saturated carbocycles. The summed E-state index contributed by atoms with van der Waals surface area (Å²) in [6.45, 7) is 7.20. The monoisotopic (exact) mass is 226 g/mol. The van der Waals surface area contributed by atoms with Gasteiger partial charge in [-0.05, 0) is 32.7 Å². The topological polar surface area (TPSA) is 55.6 Å². The smallest absolute Gasteiger partial charge is 0.330 e. The zero-order chi connectivity index (χ0) is 12.0. The van der Waals surface area contributed by atoms with Crippen LogP contribution in [0, 0.1) is 5.92 Å². The lowest BCUT2D eigenvalue weighted by molar-refractivity contribution is -0.137. The molecule has 1 aliphatic heterocycles. The van der Waals surface area contributed by atoms with E-state index in [-0.39, 0.29) is 12.0 Å². The molecule has 1 fully saturated rings. The second-order valence-corrected chi connectivity index (χ2v) is 4.32. The van der Waals surface area contributed by atoms with E-state index in [0.717, 1.165) is 26.1 Å². The molecule has 92 valence electrons. The van der Waals surface area contributed by atoms with Gasteiger partial charge in [0, 0.05) is 25.2 Å². The molecule has 1 rings (SSSR count). The highest BCUT2D eigenvalue weighted by atomic mass is 16.5. The molecule has 2 N–H and O–H groups in total. The molecule has 2 atom stereocenters. The fraction of sp³-hybridized carbons (Fsp3) is 0.750. The number of rotatable bonds is 5. The molecule has 0 aromatic carbocycles. The van der Waals surface area contributed by atoms with Gasteiger partial charge in [0.05, 0.1) is 6.61 Å². The number of carbonyl (C=O) groups is 1. The third kappa shape index (κ3) is 4.33. The molecule has 0 aromatic heterocycles. The molecule has 0 radical (unpaired) electrons. The maximum Gasteiger partial charge on any atom is 0.330 e. The van der Waals surface area contributed by atoms with Gasteiger partial charge in [-0.3, -0.25) is 4.90 Å². The van der Waals surface area contributed by atoms with E-state index >= 15 is 0 Å². The summed E-state index contributed by atoms with van der Waals surface area (Å²) in [5.41, 5.74) is 5.86. The van der Waals surface area contributed by atoms with E-state index in [1.54, 1.807) is 6.92 Å². The lowest BCUT2D eigenvalue weighted by Gasteiger charge is -2.15. The van der Waals surface area contributed by atoms with Crippen molar-refractivity contribution in [1.29, 1.82) is 0 Å². The average Bonchev–Trinajstić information content (AvgIpc) is 2.67. The maximum atomic E-state index is 11.0. The summed E-state index contributed by atoms with van der Waals surface area (Å²) >= 11 is 0. The number of ether oxygens (including phenoxy) is 1. The third-order valence-corrected chi connectivity index (χ3v) is 2.96. The highest BCUT2D eigenvalue weighted by Gasteiger charge is 2.23. The number of hydrogen-bond acceptors (Lipinski definition) is 4. The summed E-state index contributed by atoms with van der Waals surface area (Å²) in [6.07, 6.45) is 4.52. The summed E-state index contributed by atoms with van der Waals surface area (Å²) in [5, 5.41) is 0. The van der Waals surface area contributed by atoms with Crippen LogP contribution in [0.1, 0.15) is 20.3 Å². The summed E-state index contributed by atoms with van der Waals surface area (Å²) in [7, 11) is 0. The number of hydrogen-bond donors (Lipinski definition) is 1. The van der Waals surface area contributed by atoms with Crippen LogP contribution in [-0.4, -0.2) is 43.2 Å². The molecule has 0 bridgehead atoms. The van der Waals surface area contributed by atoms with Crippen molar-refractivity contribution in [3.8, 4) is 0 Å². The van der Waals surface area contributed by atoms with Crippen molar-refractivity contribution < 1.29 is 9.53 Å². The Morgan fingerprint density at radius 1 is 1.69 bits per heavy atom. The van der Waals surface area contributed by atoms with Crippen molar-refractivity contribution in [3.63, 3.8) is 0 Å². The van der Waals surface area contributed by atoms with Crippen molar-refractivity contribution in [2.75, 3.05) is 26.2 Å². The predicted molar refractivity (Wildman–Crippen MR) is 64.0 cm³/mol. The van der Waals surface area contributed by atoms with Gasteiger partial charge in [-0.15, -0.1) is 0 Å². The normalized spacial score (nSPS) is 23.8. The number of nitrogens with two attached hydrogens (primary N) is 1. The first-order valence-corrected chi connectivity index (χ1v) is 5.94. The van der Waals surface area contributed by atoms with E-state index in [1.165, 1.54) is 6.08 Å². The van der Waals surface area contributed by atoms with Crippen LogP contribution in [0.2, 0.25) is 0 Å². The summed E-state index contributed by atoms with van der Waals surface area (Å²) < 4.78 is 4.80. The first-order valence-electron chi connectivity index (χ1n) is 5.94. The fourth-order valence-electron chi connectivity index (χ4n) is 1.95. The molecular formula is C12H22N2O2. The van der Waals surface area contributed by atoms with E-state index in [9.17, 15) is 4.79 Å². The van der Waals surface area contributed by atoms with E-state index in [4.69, 9.17) is 10.5 Å². The van der Waals surface area contributed by atoms with E-state index < -0.39 is 0 Å². The standard InChI is InChI=1S/C12H22N2O2/c1-3-16-12(15)5-4-7-14-8-6-11(9-14)10(2)13/h4-5,10-11H,3,6-9,13H2,1-2H3/b5-4+. The number of likely N-dealkylation sites (tertiary alicyclic amines) is 1. The lowest BCUT2D eigenvalue weighted by atomic mass is 10.0.